The Bertz CT molecular complexity index is 1190. The molecular weight excluding hydrogens is 450 g/mol. The van der Waals surface area contributed by atoms with Gasteiger partial charge in [0.25, 0.3) is 0 Å². The molecule has 0 fully saturated rings. The highest BCUT2D eigenvalue weighted by molar-refractivity contribution is 5.36. The quantitative estimate of drug-likeness (QED) is 0.388. The summed E-state index contributed by atoms with van der Waals surface area (Å²) in [6, 6.07) is 10.5. The minimum Gasteiger partial charge on any atom is -0.233 e. The Balaban J connectivity index is 1.68. The van der Waals surface area contributed by atoms with Gasteiger partial charge in [-0.1, -0.05) is 12.1 Å². The molecular formula is C21H16F6N6. The molecule has 0 aliphatic rings. The third-order valence-electron chi connectivity index (χ3n) is 5.01. The van der Waals surface area contributed by atoms with Crippen LogP contribution in [-0.4, -0.2) is 29.5 Å². The van der Waals surface area contributed by atoms with Gasteiger partial charge in [-0.3, -0.25) is 0 Å². The van der Waals surface area contributed by atoms with Crippen LogP contribution in [0.4, 0.5) is 26.3 Å². The van der Waals surface area contributed by atoms with E-state index in [1.54, 1.807) is 38.1 Å². The van der Waals surface area contributed by atoms with E-state index in [2.05, 4.69) is 20.2 Å². The first-order valence-corrected chi connectivity index (χ1v) is 9.56. The average molecular weight is 466 g/mol. The summed E-state index contributed by atoms with van der Waals surface area (Å²) in [4.78, 5) is 8.89. The van der Waals surface area contributed by atoms with Crippen molar-refractivity contribution in [2.24, 2.45) is 0 Å². The van der Waals surface area contributed by atoms with Gasteiger partial charge in [-0.05, 0) is 44.2 Å². The second-order valence-electron chi connectivity index (χ2n) is 7.70. The first-order chi connectivity index (χ1) is 15.4. The number of hydrogen-bond acceptors (Lipinski definition) is 4. The Kier molecular flexibility index (Phi) is 5.26. The SMILES string of the molecule is CC(C)(c1cccc(-n2cc(C(F)(F)F)cn2)n1)c1cccc(-n2ccc(C(F)(F)F)n2)n1. The van der Waals surface area contributed by atoms with Gasteiger partial charge in [-0.2, -0.15) is 36.5 Å². The molecule has 172 valence electrons. The number of aromatic nitrogens is 6. The molecule has 6 nitrogen and oxygen atoms in total. The molecule has 0 unspecified atom stereocenters. The molecule has 0 bridgehead atoms. The largest absolute Gasteiger partial charge is 0.435 e. The van der Waals surface area contributed by atoms with E-state index in [-0.39, 0.29) is 11.6 Å². The van der Waals surface area contributed by atoms with Gasteiger partial charge >= 0.3 is 12.4 Å². The predicted octanol–water partition coefficient (Wildman–Crippen LogP) is 5.21. The van der Waals surface area contributed by atoms with Crippen molar-refractivity contribution in [1.82, 2.24) is 29.5 Å². The fourth-order valence-corrected chi connectivity index (χ4v) is 3.13. The fraction of sp³-hybridized carbons (Fsp3) is 0.238. The first-order valence-electron chi connectivity index (χ1n) is 9.56. The van der Waals surface area contributed by atoms with Crippen molar-refractivity contribution in [3.8, 4) is 11.6 Å². The van der Waals surface area contributed by atoms with Crippen LogP contribution in [0.1, 0.15) is 36.5 Å². The van der Waals surface area contributed by atoms with Crippen molar-refractivity contribution in [3.63, 3.8) is 0 Å². The van der Waals surface area contributed by atoms with Crippen LogP contribution in [0.3, 0.4) is 0 Å². The van der Waals surface area contributed by atoms with Crippen LogP contribution < -0.4 is 0 Å². The summed E-state index contributed by atoms with van der Waals surface area (Å²) in [5.74, 6) is 0.350. The van der Waals surface area contributed by atoms with Gasteiger partial charge in [0.15, 0.2) is 17.3 Å². The zero-order valence-corrected chi connectivity index (χ0v) is 17.2. The summed E-state index contributed by atoms with van der Waals surface area (Å²) in [6.45, 7) is 3.58. The van der Waals surface area contributed by atoms with Gasteiger partial charge in [0.05, 0.1) is 23.1 Å². The van der Waals surface area contributed by atoms with Gasteiger partial charge in [0.1, 0.15) is 0 Å². The Morgan fingerprint density at radius 3 is 1.76 bits per heavy atom. The van der Waals surface area contributed by atoms with Gasteiger partial charge in [0.2, 0.25) is 0 Å². The number of alkyl halides is 6. The second kappa shape index (κ2) is 7.71. The summed E-state index contributed by atoms with van der Waals surface area (Å²) in [5.41, 5.74) is -1.83. The van der Waals surface area contributed by atoms with Gasteiger partial charge < -0.3 is 0 Å². The highest BCUT2D eigenvalue weighted by atomic mass is 19.4. The van der Waals surface area contributed by atoms with E-state index in [4.69, 9.17) is 0 Å². The highest BCUT2D eigenvalue weighted by Gasteiger charge is 2.34. The van der Waals surface area contributed by atoms with Crippen LogP contribution in [0.15, 0.2) is 61.1 Å². The van der Waals surface area contributed by atoms with Crippen LogP contribution >= 0.6 is 0 Å². The van der Waals surface area contributed by atoms with E-state index in [0.717, 1.165) is 27.8 Å². The molecule has 4 heterocycles. The van der Waals surface area contributed by atoms with Crippen molar-refractivity contribution >= 4 is 0 Å². The third-order valence-corrected chi connectivity index (χ3v) is 5.01. The van der Waals surface area contributed by atoms with Gasteiger partial charge in [0, 0.05) is 17.8 Å². The summed E-state index contributed by atoms with van der Waals surface area (Å²) < 4.78 is 79.4. The summed E-state index contributed by atoms with van der Waals surface area (Å²) in [6.07, 6.45) is -6.39. The lowest BCUT2D eigenvalue weighted by atomic mass is 9.84. The van der Waals surface area contributed by atoms with Crippen LogP contribution in [-0.2, 0) is 17.8 Å². The molecule has 0 saturated carbocycles. The molecule has 0 amide bonds. The van der Waals surface area contributed by atoms with Crippen LogP contribution in [0, 0.1) is 0 Å². The summed E-state index contributed by atoms with van der Waals surface area (Å²) in [7, 11) is 0. The van der Waals surface area contributed by atoms with Crippen LogP contribution in [0.25, 0.3) is 11.6 Å². The Hall–Kier alpha value is -3.70. The maximum absolute atomic E-state index is 12.9. The standard InChI is InChI=1S/C21H16F6N6/c1-19(2,14-5-3-7-17(29-14)32-10-9-16(31-32)21(25,26)27)15-6-4-8-18(30-15)33-12-13(11-28-33)20(22,23)24/h3-12H,1-2H3. The van der Waals surface area contributed by atoms with Gasteiger partial charge in [-0.25, -0.2) is 19.3 Å². The van der Waals surface area contributed by atoms with Crippen LogP contribution in [0.2, 0.25) is 0 Å². The molecule has 0 spiro atoms. The Labute approximate surface area is 183 Å². The van der Waals surface area contributed by atoms with Crippen molar-refractivity contribution < 1.29 is 26.3 Å². The number of nitrogens with zero attached hydrogens (tertiary/aromatic N) is 6. The zero-order chi connectivity index (χ0) is 24.0. The Morgan fingerprint density at radius 2 is 1.27 bits per heavy atom. The monoisotopic (exact) mass is 466 g/mol. The van der Waals surface area contributed by atoms with Crippen molar-refractivity contribution in [2.45, 2.75) is 31.6 Å². The lowest BCUT2D eigenvalue weighted by molar-refractivity contribution is -0.141. The Morgan fingerprint density at radius 1 is 0.697 bits per heavy atom. The lowest BCUT2D eigenvalue weighted by Crippen LogP contribution is -2.23. The number of pyridine rings is 2. The minimum absolute atomic E-state index is 0.175. The summed E-state index contributed by atoms with van der Waals surface area (Å²) >= 11 is 0. The molecule has 12 heteroatoms. The maximum Gasteiger partial charge on any atom is 0.435 e. The van der Waals surface area contributed by atoms with E-state index in [1.807, 2.05) is 0 Å². The van der Waals surface area contributed by atoms with Gasteiger partial charge in [-0.15, -0.1) is 0 Å². The molecule has 0 N–H and O–H groups in total. The minimum atomic E-state index is -4.58. The van der Waals surface area contributed by atoms with E-state index in [9.17, 15) is 26.3 Å². The van der Waals surface area contributed by atoms with Crippen molar-refractivity contribution in [2.75, 3.05) is 0 Å². The molecule has 0 radical (unpaired) electrons. The maximum atomic E-state index is 12.9. The average Bonchev–Trinajstić information content (AvgIpc) is 3.44. The highest BCUT2D eigenvalue weighted by Crippen LogP contribution is 2.32. The first kappa shape index (κ1) is 22.5. The summed E-state index contributed by atoms with van der Waals surface area (Å²) in [5, 5.41) is 7.27. The van der Waals surface area contributed by atoms with Crippen LogP contribution in [0.5, 0.6) is 0 Å². The molecule has 0 atom stereocenters. The van der Waals surface area contributed by atoms with E-state index in [0.29, 0.717) is 17.6 Å². The molecule has 33 heavy (non-hydrogen) atoms. The molecule has 4 aromatic heterocycles. The third kappa shape index (κ3) is 4.45. The predicted molar refractivity (Wildman–Crippen MR) is 105 cm³/mol. The van der Waals surface area contributed by atoms with Crippen molar-refractivity contribution in [3.05, 3.63) is 83.7 Å². The molecule has 4 aromatic rings. The molecule has 0 saturated heterocycles. The normalized spacial score (nSPS) is 12.8. The van der Waals surface area contributed by atoms with E-state index in [1.165, 1.54) is 12.1 Å². The molecule has 0 aliphatic carbocycles. The van der Waals surface area contributed by atoms with E-state index < -0.39 is 29.0 Å². The topological polar surface area (TPSA) is 61.4 Å². The second-order valence-corrected chi connectivity index (χ2v) is 7.70. The lowest BCUT2D eigenvalue weighted by Gasteiger charge is -2.24. The zero-order valence-electron chi connectivity index (χ0n) is 17.2. The fourth-order valence-electron chi connectivity index (χ4n) is 3.13. The molecule has 4 rings (SSSR count). The molecule has 0 aromatic carbocycles. The van der Waals surface area contributed by atoms with Crippen molar-refractivity contribution in [1.29, 1.82) is 0 Å². The molecule has 0 aliphatic heterocycles. The van der Waals surface area contributed by atoms with E-state index >= 15 is 0 Å². The number of rotatable bonds is 4. The smallest absolute Gasteiger partial charge is 0.233 e. The number of halogens is 6. The number of hydrogen-bond donors (Lipinski definition) is 0.